The maximum absolute atomic E-state index is 12.2. The number of hydrogen-bond acceptors (Lipinski definition) is 4. The second-order valence-electron chi connectivity index (χ2n) is 6.94. The van der Waals surface area contributed by atoms with Gasteiger partial charge in [-0.25, -0.2) is 0 Å². The van der Waals surface area contributed by atoms with Gasteiger partial charge >= 0.3 is 0 Å². The van der Waals surface area contributed by atoms with Crippen molar-refractivity contribution in [2.45, 2.75) is 13.1 Å². The highest BCUT2D eigenvalue weighted by atomic mass is 32.2. The van der Waals surface area contributed by atoms with Crippen molar-refractivity contribution in [1.29, 1.82) is 0 Å². The van der Waals surface area contributed by atoms with Crippen LogP contribution in [-0.4, -0.2) is 53.9 Å². The van der Waals surface area contributed by atoms with Crippen molar-refractivity contribution in [2.24, 2.45) is 0 Å². The lowest BCUT2D eigenvalue weighted by atomic mass is 9.98. The zero-order valence-corrected chi connectivity index (χ0v) is 16.6. The summed E-state index contributed by atoms with van der Waals surface area (Å²) in [6, 6.07) is 16.6. The van der Waals surface area contributed by atoms with Gasteiger partial charge in [0.2, 0.25) is 11.8 Å². The standard InChI is InChI=1S/C21H25N3O2S/c1-23(2)12-16-7-9-17(10-8-16)19-6-4-3-5-18(19)11-22-20(25)13-24-15-27-14-21(24)26/h3-10H,11-15H2,1-2H3,(H,22,25). The molecule has 1 fully saturated rings. The first-order valence-electron chi connectivity index (χ1n) is 8.97. The molecular formula is C21H25N3O2S. The Morgan fingerprint density at radius 1 is 1.15 bits per heavy atom. The molecule has 0 aliphatic carbocycles. The summed E-state index contributed by atoms with van der Waals surface area (Å²) >= 11 is 1.54. The van der Waals surface area contributed by atoms with Crippen molar-refractivity contribution in [2.75, 3.05) is 32.3 Å². The summed E-state index contributed by atoms with van der Waals surface area (Å²) in [5.41, 5.74) is 4.58. The van der Waals surface area contributed by atoms with E-state index in [9.17, 15) is 9.59 Å². The fourth-order valence-corrected chi connectivity index (χ4v) is 3.98. The number of rotatable bonds is 7. The molecule has 0 saturated carbocycles. The normalized spacial score (nSPS) is 14.0. The largest absolute Gasteiger partial charge is 0.350 e. The van der Waals surface area contributed by atoms with Crippen LogP contribution < -0.4 is 5.32 Å². The van der Waals surface area contributed by atoms with Gasteiger partial charge in [0.1, 0.15) is 6.54 Å². The monoisotopic (exact) mass is 383 g/mol. The SMILES string of the molecule is CN(C)Cc1ccc(-c2ccccc2CNC(=O)CN2CSCC2=O)cc1. The minimum atomic E-state index is -0.123. The molecule has 2 aromatic carbocycles. The van der Waals surface area contributed by atoms with E-state index in [-0.39, 0.29) is 18.4 Å². The highest BCUT2D eigenvalue weighted by Gasteiger charge is 2.22. The van der Waals surface area contributed by atoms with Crippen LogP contribution in [0.3, 0.4) is 0 Å². The third-order valence-electron chi connectivity index (χ3n) is 4.42. The number of nitrogens with one attached hydrogen (secondary N) is 1. The van der Waals surface area contributed by atoms with Crippen LogP contribution in [0.15, 0.2) is 48.5 Å². The molecule has 1 aliphatic rings. The van der Waals surface area contributed by atoms with Gasteiger partial charge in [-0.1, -0.05) is 48.5 Å². The van der Waals surface area contributed by atoms with Crippen molar-refractivity contribution in [3.05, 3.63) is 59.7 Å². The second-order valence-corrected chi connectivity index (χ2v) is 7.89. The molecule has 2 amide bonds. The van der Waals surface area contributed by atoms with Crippen LogP contribution in [0.1, 0.15) is 11.1 Å². The highest BCUT2D eigenvalue weighted by molar-refractivity contribution is 8.00. The van der Waals surface area contributed by atoms with E-state index in [4.69, 9.17) is 0 Å². The fourth-order valence-electron chi connectivity index (χ4n) is 3.07. The highest BCUT2D eigenvalue weighted by Crippen LogP contribution is 2.24. The Labute approximate surface area is 164 Å². The number of benzene rings is 2. The van der Waals surface area contributed by atoms with E-state index in [0.29, 0.717) is 18.2 Å². The molecule has 27 heavy (non-hydrogen) atoms. The molecule has 0 aromatic heterocycles. The summed E-state index contributed by atoms with van der Waals surface area (Å²) < 4.78 is 0. The predicted molar refractivity (Wildman–Crippen MR) is 110 cm³/mol. The molecule has 1 saturated heterocycles. The molecule has 0 atom stereocenters. The topological polar surface area (TPSA) is 52.7 Å². The summed E-state index contributed by atoms with van der Waals surface area (Å²) in [5, 5.41) is 2.95. The van der Waals surface area contributed by atoms with Crippen LogP contribution in [0, 0.1) is 0 Å². The van der Waals surface area contributed by atoms with Gasteiger partial charge in [-0.15, -0.1) is 11.8 Å². The number of hydrogen-bond donors (Lipinski definition) is 1. The van der Waals surface area contributed by atoms with Gasteiger partial charge in [-0.3, -0.25) is 9.59 Å². The molecule has 1 aliphatic heterocycles. The summed E-state index contributed by atoms with van der Waals surface area (Å²) in [7, 11) is 4.11. The lowest BCUT2D eigenvalue weighted by molar-refractivity contribution is -0.132. The zero-order valence-electron chi connectivity index (χ0n) is 15.8. The van der Waals surface area contributed by atoms with Gasteiger partial charge in [0.25, 0.3) is 0 Å². The van der Waals surface area contributed by atoms with Crippen molar-refractivity contribution < 1.29 is 9.59 Å². The molecule has 5 nitrogen and oxygen atoms in total. The number of carbonyl (C=O) groups excluding carboxylic acids is 2. The average Bonchev–Trinajstić information content (AvgIpc) is 3.05. The van der Waals surface area contributed by atoms with Crippen molar-refractivity contribution in [3.8, 4) is 11.1 Å². The van der Waals surface area contributed by atoms with Crippen LogP contribution in [-0.2, 0) is 22.7 Å². The van der Waals surface area contributed by atoms with E-state index in [2.05, 4.69) is 54.6 Å². The molecule has 0 bridgehead atoms. The third kappa shape index (κ3) is 5.34. The lowest BCUT2D eigenvalue weighted by Crippen LogP contribution is -2.37. The summed E-state index contributed by atoms with van der Waals surface area (Å²) in [4.78, 5) is 27.6. The summed E-state index contributed by atoms with van der Waals surface area (Å²) in [6.45, 7) is 1.49. The minimum absolute atomic E-state index is 0.0355. The Morgan fingerprint density at radius 3 is 2.56 bits per heavy atom. The molecule has 3 rings (SSSR count). The van der Waals surface area contributed by atoms with E-state index in [0.717, 1.165) is 23.2 Å². The van der Waals surface area contributed by atoms with E-state index >= 15 is 0 Å². The molecular weight excluding hydrogens is 358 g/mol. The van der Waals surface area contributed by atoms with E-state index in [1.165, 1.54) is 5.56 Å². The Hall–Kier alpha value is -2.31. The van der Waals surface area contributed by atoms with Crippen molar-refractivity contribution >= 4 is 23.6 Å². The van der Waals surface area contributed by atoms with Crippen molar-refractivity contribution in [1.82, 2.24) is 15.1 Å². The van der Waals surface area contributed by atoms with Crippen LogP contribution in [0.25, 0.3) is 11.1 Å². The summed E-state index contributed by atoms with van der Waals surface area (Å²) in [6.07, 6.45) is 0. The van der Waals surface area contributed by atoms with E-state index in [1.807, 2.05) is 18.2 Å². The maximum Gasteiger partial charge on any atom is 0.239 e. The first kappa shape index (κ1) is 19.5. The Bertz CT molecular complexity index is 805. The van der Waals surface area contributed by atoms with Crippen molar-refractivity contribution in [3.63, 3.8) is 0 Å². The van der Waals surface area contributed by atoms with Crippen LogP contribution >= 0.6 is 11.8 Å². The average molecular weight is 384 g/mol. The van der Waals surface area contributed by atoms with Gasteiger partial charge in [0, 0.05) is 13.1 Å². The second kappa shape index (κ2) is 9.06. The Kier molecular flexibility index (Phi) is 6.53. The molecule has 2 aromatic rings. The molecule has 0 spiro atoms. The molecule has 1 N–H and O–H groups in total. The van der Waals surface area contributed by atoms with Gasteiger partial charge in [0.15, 0.2) is 0 Å². The van der Waals surface area contributed by atoms with Crippen LogP contribution in [0.2, 0.25) is 0 Å². The number of nitrogens with zero attached hydrogens (tertiary/aromatic N) is 2. The zero-order chi connectivity index (χ0) is 19.2. The lowest BCUT2D eigenvalue weighted by Gasteiger charge is -2.16. The van der Waals surface area contributed by atoms with Gasteiger partial charge in [0.05, 0.1) is 11.6 Å². The fraction of sp³-hybridized carbons (Fsp3) is 0.333. The Balaban J connectivity index is 1.65. The smallest absolute Gasteiger partial charge is 0.239 e. The predicted octanol–water partition coefficient (Wildman–Crippen LogP) is 2.56. The van der Waals surface area contributed by atoms with Gasteiger partial charge < -0.3 is 15.1 Å². The first-order chi connectivity index (χ1) is 13.0. The molecule has 1 heterocycles. The quantitative estimate of drug-likeness (QED) is 0.798. The first-order valence-corrected chi connectivity index (χ1v) is 10.1. The maximum atomic E-state index is 12.2. The Morgan fingerprint density at radius 2 is 1.89 bits per heavy atom. The van der Waals surface area contributed by atoms with Gasteiger partial charge in [-0.2, -0.15) is 0 Å². The van der Waals surface area contributed by atoms with Crippen LogP contribution in [0.5, 0.6) is 0 Å². The van der Waals surface area contributed by atoms with Gasteiger partial charge in [-0.05, 0) is 36.3 Å². The molecule has 0 radical (unpaired) electrons. The van der Waals surface area contributed by atoms with E-state index < -0.39 is 0 Å². The molecule has 6 heteroatoms. The minimum Gasteiger partial charge on any atom is -0.350 e. The number of carbonyl (C=O) groups is 2. The molecule has 0 unspecified atom stereocenters. The van der Waals surface area contributed by atoms with E-state index in [1.54, 1.807) is 16.7 Å². The number of amides is 2. The third-order valence-corrected chi connectivity index (χ3v) is 5.36. The molecule has 142 valence electrons. The number of thioether (sulfide) groups is 1. The van der Waals surface area contributed by atoms with Crippen LogP contribution in [0.4, 0.5) is 0 Å². The summed E-state index contributed by atoms with van der Waals surface area (Å²) in [5.74, 6) is 0.984.